The van der Waals surface area contributed by atoms with Gasteiger partial charge in [0.25, 0.3) is 0 Å². The molecule has 23 heavy (non-hydrogen) atoms. The van der Waals surface area contributed by atoms with Crippen LogP contribution in [0.1, 0.15) is 33.5 Å². The quantitative estimate of drug-likeness (QED) is 0.789. The Morgan fingerprint density at radius 1 is 1.26 bits per heavy atom. The number of nitrogens with zero attached hydrogens (tertiary/aromatic N) is 5. The lowest BCUT2D eigenvalue weighted by atomic mass is 10.1. The summed E-state index contributed by atoms with van der Waals surface area (Å²) in [5, 5.41) is 22.1. The van der Waals surface area contributed by atoms with E-state index in [1.54, 1.807) is 0 Å². The first-order valence-electron chi connectivity index (χ1n) is 7.25. The molecule has 7 nitrogen and oxygen atoms in total. The van der Waals surface area contributed by atoms with Crippen LogP contribution < -0.4 is 0 Å². The van der Waals surface area contributed by atoms with Gasteiger partial charge in [-0.2, -0.15) is 9.78 Å². The number of carbonyl (C=O) groups excluding carboxylic acids is 1. The van der Waals surface area contributed by atoms with Gasteiger partial charge in [-0.25, -0.2) is 4.68 Å². The highest BCUT2D eigenvalue weighted by Crippen LogP contribution is 2.14. The van der Waals surface area contributed by atoms with Crippen molar-refractivity contribution in [3.05, 3.63) is 65.2 Å². The zero-order chi connectivity index (χ0) is 16.4. The van der Waals surface area contributed by atoms with Crippen molar-refractivity contribution in [2.24, 2.45) is 0 Å². The average molecular weight is 311 g/mol. The third kappa shape index (κ3) is 3.19. The summed E-state index contributed by atoms with van der Waals surface area (Å²) < 4.78 is 2.76. The summed E-state index contributed by atoms with van der Waals surface area (Å²) in [6.07, 6.45) is 0.805. The number of aromatic nitrogens is 5. The lowest BCUT2D eigenvalue weighted by Gasteiger charge is -2.09. The van der Waals surface area contributed by atoms with Crippen LogP contribution in [0, 0.1) is 13.8 Å². The van der Waals surface area contributed by atoms with Crippen LogP contribution in [-0.2, 0) is 6.54 Å². The largest absolute Gasteiger partial charge is 0.386 e. The third-order valence-corrected chi connectivity index (χ3v) is 3.50. The van der Waals surface area contributed by atoms with Crippen LogP contribution in [-0.4, -0.2) is 35.8 Å². The Kier molecular flexibility index (Phi) is 4.03. The summed E-state index contributed by atoms with van der Waals surface area (Å²) in [6, 6.07) is 11.1. The third-order valence-electron chi connectivity index (χ3n) is 3.50. The van der Waals surface area contributed by atoms with E-state index in [9.17, 15) is 9.90 Å². The first-order chi connectivity index (χ1) is 11.0. The molecule has 0 saturated heterocycles. The minimum absolute atomic E-state index is 0.191. The van der Waals surface area contributed by atoms with Crippen LogP contribution in [0.5, 0.6) is 0 Å². The summed E-state index contributed by atoms with van der Waals surface area (Å²) in [5.41, 5.74) is 2.49. The molecule has 3 aromatic rings. The molecule has 0 aliphatic rings. The van der Waals surface area contributed by atoms with Gasteiger partial charge in [0.1, 0.15) is 0 Å². The van der Waals surface area contributed by atoms with E-state index in [2.05, 4.69) is 15.4 Å². The predicted molar refractivity (Wildman–Crippen MR) is 82.9 cm³/mol. The van der Waals surface area contributed by atoms with E-state index < -0.39 is 6.10 Å². The van der Waals surface area contributed by atoms with Gasteiger partial charge in [0.2, 0.25) is 0 Å². The molecule has 3 rings (SSSR count). The van der Waals surface area contributed by atoms with Crippen molar-refractivity contribution >= 4 is 5.91 Å². The minimum Gasteiger partial charge on any atom is -0.386 e. The standard InChI is InChI=1S/C16H17N5O2/c1-11-8-12(2)21(18-11)16(23)14-9-20(19-17-14)10-15(22)13-6-4-3-5-7-13/h3-9,15,22H,10H2,1-2H3/t15-/m0/s1. The van der Waals surface area contributed by atoms with E-state index in [0.29, 0.717) is 0 Å². The van der Waals surface area contributed by atoms with Gasteiger partial charge >= 0.3 is 5.91 Å². The maximum absolute atomic E-state index is 12.4. The second-order valence-corrected chi connectivity index (χ2v) is 5.40. The maximum Gasteiger partial charge on any atom is 0.300 e. The predicted octanol–water partition coefficient (Wildman–Crippen LogP) is 1.51. The minimum atomic E-state index is -0.713. The fraction of sp³-hybridized carbons (Fsp3) is 0.250. The topological polar surface area (TPSA) is 85.8 Å². The van der Waals surface area contributed by atoms with Gasteiger partial charge in [-0.15, -0.1) is 5.10 Å². The van der Waals surface area contributed by atoms with Gasteiger partial charge < -0.3 is 5.11 Å². The summed E-state index contributed by atoms with van der Waals surface area (Å²) in [4.78, 5) is 12.4. The maximum atomic E-state index is 12.4. The molecule has 0 unspecified atom stereocenters. The van der Waals surface area contributed by atoms with Crippen molar-refractivity contribution in [3.8, 4) is 0 Å². The van der Waals surface area contributed by atoms with Crippen LogP contribution in [0.4, 0.5) is 0 Å². The lowest BCUT2D eigenvalue weighted by Crippen LogP contribution is -2.15. The van der Waals surface area contributed by atoms with E-state index in [1.165, 1.54) is 15.6 Å². The Morgan fingerprint density at radius 2 is 2.00 bits per heavy atom. The molecule has 0 spiro atoms. The van der Waals surface area contributed by atoms with Crippen LogP contribution in [0.15, 0.2) is 42.6 Å². The molecule has 0 fully saturated rings. The van der Waals surface area contributed by atoms with Crippen LogP contribution in [0.2, 0.25) is 0 Å². The first kappa shape index (κ1) is 15.1. The van der Waals surface area contributed by atoms with Crippen molar-refractivity contribution in [1.82, 2.24) is 24.8 Å². The number of aryl methyl sites for hydroxylation is 2. The molecule has 2 heterocycles. The second kappa shape index (κ2) is 6.13. The highest BCUT2D eigenvalue weighted by atomic mass is 16.3. The number of aliphatic hydroxyl groups excluding tert-OH is 1. The van der Waals surface area contributed by atoms with E-state index >= 15 is 0 Å². The highest BCUT2D eigenvalue weighted by molar-refractivity contribution is 5.93. The Hall–Kier alpha value is -2.80. The number of carbonyl (C=O) groups is 1. The second-order valence-electron chi connectivity index (χ2n) is 5.40. The average Bonchev–Trinajstić information content (AvgIpc) is 3.14. The van der Waals surface area contributed by atoms with E-state index in [-0.39, 0.29) is 18.1 Å². The molecular weight excluding hydrogens is 294 g/mol. The number of hydrogen-bond acceptors (Lipinski definition) is 5. The molecule has 1 N–H and O–H groups in total. The summed E-state index contributed by atoms with van der Waals surface area (Å²) in [6.45, 7) is 3.85. The number of benzene rings is 1. The van der Waals surface area contributed by atoms with Gasteiger partial charge in [0.15, 0.2) is 5.69 Å². The normalized spacial score (nSPS) is 12.3. The van der Waals surface area contributed by atoms with Crippen LogP contribution >= 0.6 is 0 Å². The molecule has 0 radical (unpaired) electrons. The molecule has 0 aliphatic heterocycles. The van der Waals surface area contributed by atoms with Crippen LogP contribution in [0.3, 0.4) is 0 Å². The van der Waals surface area contributed by atoms with Crippen LogP contribution in [0.25, 0.3) is 0 Å². The van der Waals surface area contributed by atoms with Gasteiger partial charge in [0.05, 0.1) is 24.5 Å². The molecule has 0 aliphatic carbocycles. The molecule has 1 aromatic carbocycles. The lowest BCUT2D eigenvalue weighted by molar-refractivity contribution is 0.0937. The Labute approximate surface area is 133 Å². The first-order valence-corrected chi connectivity index (χ1v) is 7.25. The fourth-order valence-electron chi connectivity index (χ4n) is 2.39. The molecule has 118 valence electrons. The molecule has 2 aromatic heterocycles. The van der Waals surface area contributed by atoms with Gasteiger partial charge in [0, 0.05) is 5.69 Å². The van der Waals surface area contributed by atoms with E-state index in [0.717, 1.165) is 17.0 Å². The van der Waals surface area contributed by atoms with Crippen molar-refractivity contribution in [2.45, 2.75) is 26.5 Å². The molecular formula is C16H17N5O2. The number of rotatable bonds is 4. The monoisotopic (exact) mass is 311 g/mol. The van der Waals surface area contributed by atoms with Gasteiger partial charge in [-0.05, 0) is 25.5 Å². The summed E-state index contributed by atoms with van der Waals surface area (Å²) >= 11 is 0. The zero-order valence-electron chi connectivity index (χ0n) is 12.9. The van der Waals surface area contributed by atoms with E-state index in [1.807, 2.05) is 50.2 Å². The Balaban J connectivity index is 1.75. The fourth-order valence-corrected chi connectivity index (χ4v) is 2.39. The van der Waals surface area contributed by atoms with Gasteiger partial charge in [-0.3, -0.25) is 4.79 Å². The van der Waals surface area contributed by atoms with Crippen molar-refractivity contribution in [2.75, 3.05) is 0 Å². The number of aliphatic hydroxyl groups is 1. The highest BCUT2D eigenvalue weighted by Gasteiger charge is 2.17. The smallest absolute Gasteiger partial charge is 0.300 e. The van der Waals surface area contributed by atoms with Crippen molar-refractivity contribution in [3.63, 3.8) is 0 Å². The molecule has 0 amide bonds. The summed E-state index contributed by atoms with van der Waals surface area (Å²) in [5.74, 6) is -0.337. The number of hydrogen-bond donors (Lipinski definition) is 1. The van der Waals surface area contributed by atoms with Crippen molar-refractivity contribution in [1.29, 1.82) is 0 Å². The zero-order valence-corrected chi connectivity index (χ0v) is 12.9. The van der Waals surface area contributed by atoms with Gasteiger partial charge in [-0.1, -0.05) is 35.5 Å². The molecule has 7 heteroatoms. The molecule has 1 atom stereocenters. The molecule has 0 bridgehead atoms. The summed E-state index contributed by atoms with van der Waals surface area (Å²) in [7, 11) is 0. The molecule has 0 saturated carbocycles. The SMILES string of the molecule is Cc1cc(C)n(C(=O)c2cn(C[C@H](O)c3ccccc3)nn2)n1. The Morgan fingerprint density at radius 3 is 2.65 bits per heavy atom. The van der Waals surface area contributed by atoms with Crippen molar-refractivity contribution < 1.29 is 9.90 Å². The Bertz CT molecular complexity index is 822. The van der Waals surface area contributed by atoms with E-state index in [4.69, 9.17) is 0 Å².